The summed E-state index contributed by atoms with van der Waals surface area (Å²) in [5.41, 5.74) is 0.261. The van der Waals surface area contributed by atoms with Crippen molar-refractivity contribution in [1.82, 2.24) is 4.31 Å². The largest absolute Gasteiger partial charge is 0.390 e. The summed E-state index contributed by atoms with van der Waals surface area (Å²) in [4.78, 5) is 0.308. The Morgan fingerprint density at radius 1 is 1.24 bits per heavy atom. The number of sulfonamides is 1. The summed E-state index contributed by atoms with van der Waals surface area (Å²) in [5, 5.41) is 10.1. The molecule has 0 amide bonds. The second-order valence-corrected chi connectivity index (χ2v) is 8.15. The number of nitrogens with zero attached hydrogens (tertiary/aromatic N) is 1. The molecule has 1 unspecified atom stereocenters. The van der Waals surface area contributed by atoms with E-state index in [1.54, 1.807) is 19.1 Å². The van der Waals surface area contributed by atoms with Crippen LogP contribution in [0.25, 0.3) is 0 Å². The van der Waals surface area contributed by atoms with Gasteiger partial charge in [0.15, 0.2) is 0 Å². The van der Waals surface area contributed by atoms with E-state index in [4.69, 9.17) is 11.6 Å². The molecule has 1 saturated heterocycles. The highest BCUT2D eigenvalue weighted by Gasteiger charge is 2.31. The zero-order valence-corrected chi connectivity index (χ0v) is 13.8. The van der Waals surface area contributed by atoms with E-state index in [2.05, 4.69) is 0 Å². The van der Waals surface area contributed by atoms with Gasteiger partial charge in [-0.1, -0.05) is 12.1 Å². The first-order chi connectivity index (χ1) is 9.85. The Morgan fingerprint density at radius 3 is 2.52 bits per heavy atom. The molecule has 1 fully saturated rings. The van der Waals surface area contributed by atoms with Crippen molar-refractivity contribution in [3.63, 3.8) is 0 Å². The van der Waals surface area contributed by atoms with Crippen LogP contribution in [-0.2, 0) is 16.4 Å². The van der Waals surface area contributed by atoms with Gasteiger partial charge in [-0.25, -0.2) is 8.42 Å². The Hall–Kier alpha value is -0.620. The summed E-state index contributed by atoms with van der Waals surface area (Å²) >= 11 is 5.68. The van der Waals surface area contributed by atoms with Crippen LogP contribution in [-0.4, -0.2) is 42.4 Å². The third-order valence-corrected chi connectivity index (χ3v) is 6.07. The summed E-state index contributed by atoms with van der Waals surface area (Å²) in [7, 11) is -3.48. The third-order valence-electron chi connectivity index (χ3n) is 3.97. The molecule has 0 saturated carbocycles. The predicted octanol–water partition coefficient (Wildman–Crippen LogP) is 2.39. The average Bonchev–Trinajstić information content (AvgIpc) is 2.61. The van der Waals surface area contributed by atoms with Gasteiger partial charge in [0, 0.05) is 19.0 Å². The van der Waals surface area contributed by atoms with E-state index < -0.39 is 15.6 Å². The van der Waals surface area contributed by atoms with Crippen LogP contribution in [0.3, 0.4) is 0 Å². The maximum Gasteiger partial charge on any atom is 0.243 e. The molecule has 1 aliphatic rings. The van der Waals surface area contributed by atoms with Crippen LogP contribution < -0.4 is 0 Å². The van der Waals surface area contributed by atoms with Crippen molar-refractivity contribution >= 4 is 21.6 Å². The van der Waals surface area contributed by atoms with Crippen LogP contribution in [0.1, 0.15) is 31.7 Å². The predicted molar refractivity (Wildman–Crippen MR) is 84.1 cm³/mol. The van der Waals surface area contributed by atoms with Gasteiger partial charge in [0.25, 0.3) is 0 Å². The molecule has 1 N–H and O–H groups in total. The number of rotatable bonds is 4. The third kappa shape index (κ3) is 4.19. The van der Waals surface area contributed by atoms with E-state index in [0.29, 0.717) is 43.1 Å². The number of alkyl halides is 1. The maximum atomic E-state index is 12.6. The molecular formula is C15H22ClNO3S. The molecule has 0 spiro atoms. The van der Waals surface area contributed by atoms with Crippen molar-refractivity contribution in [2.24, 2.45) is 0 Å². The van der Waals surface area contributed by atoms with Gasteiger partial charge in [-0.05, 0) is 50.3 Å². The molecule has 21 heavy (non-hydrogen) atoms. The molecule has 118 valence electrons. The van der Waals surface area contributed by atoms with Gasteiger partial charge in [-0.15, -0.1) is 11.6 Å². The Labute approximate surface area is 131 Å². The first kappa shape index (κ1) is 16.7. The lowest BCUT2D eigenvalue weighted by Crippen LogP contribution is -2.33. The molecule has 1 atom stereocenters. The fourth-order valence-corrected chi connectivity index (χ4v) is 4.26. The minimum absolute atomic E-state index is 0.308. The SMILES string of the molecule is CC1(O)CCCN(S(=O)(=O)c2ccc(CCCl)cc2)CC1. The van der Waals surface area contributed by atoms with Crippen molar-refractivity contribution in [3.05, 3.63) is 29.8 Å². The van der Waals surface area contributed by atoms with Crippen LogP contribution in [0.4, 0.5) is 0 Å². The van der Waals surface area contributed by atoms with Crippen LogP contribution in [0.5, 0.6) is 0 Å². The summed E-state index contributed by atoms with van der Waals surface area (Å²) in [6.45, 7) is 2.59. The number of aryl methyl sites for hydroxylation is 1. The summed E-state index contributed by atoms with van der Waals surface area (Å²) in [6, 6.07) is 6.90. The van der Waals surface area contributed by atoms with Gasteiger partial charge in [-0.2, -0.15) is 4.31 Å². The van der Waals surface area contributed by atoms with Gasteiger partial charge in [0.1, 0.15) is 0 Å². The van der Waals surface area contributed by atoms with Gasteiger partial charge in [-0.3, -0.25) is 0 Å². The highest BCUT2D eigenvalue weighted by molar-refractivity contribution is 7.89. The molecule has 1 aliphatic heterocycles. The normalized spacial score (nSPS) is 24.7. The van der Waals surface area contributed by atoms with Crippen molar-refractivity contribution < 1.29 is 13.5 Å². The molecule has 2 rings (SSSR count). The van der Waals surface area contributed by atoms with E-state index in [1.807, 2.05) is 12.1 Å². The Kier molecular flexibility index (Phi) is 5.30. The first-order valence-electron chi connectivity index (χ1n) is 7.23. The summed E-state index contributed by atoms with van der Waals surface area (Å²) in [6.07, 6.45) is 2.51. The average molecular weight is 332 g/mol. The van der Waals surface area contributed by atoms with Crippen LogP contribution in [0.2, 0.25) is 0 Å². The number of hydrogen-bond donors (Lipinski definition) is 1. The number of halogens is 1. The van der Waals surface area contributed by atoms with Crippen LogP contribution >= 0.6 is 11.6 Å². The van der Waals surface area contributed by atoms with Crippen molar-refractivity contribution in [1.29, 1.82) is 0 Å². The maximum absolute atomic E-state index is 12.6. The highest BCUT2D eigenvalue weighted by atomic mass is 35.5. The van der Waals surface area contributed by atoms with Crippen LogP contribution in [0.15, 0.2) is 29.2 Å². The zero-order valence-electron chi connectivity index (χ0n) is 12.3. The molecule has 6 heteroatoms. The first-order valence-corrected chi connectivity index (χ1v) is 9.20. The minimum atomic E-state index is -3.48. The quantitative estimate of drug-likeness (QED) is 0.862. The van der Waals surface area contributed by atoms with E-state index in [0.717, 1.165) is 12.0 Å². The lowest BCUT2D eigenvalue weighted by Gasteiger charge is -2.22. The molecule has 1 heterocycles. The smallest absolute Gasteiger partial charge is 0.243 e. The number of aliphatic hydroxyl groups is 1. The molecular weight excluding hydrogens is 310 g/mol. The monoisotopic (exact) mass is 331 g/mol. The highest BCUT2D eigenvalue weighted by Crippen LogP contribution is 2.25. The van der Waals surface area contributed by atoms with Gasteiger partial charge in [0.05, 0.1) is 10.5 Å². The van der Waals surface area contributed by atoms with Gasteiger partial charge in [0.2, 0.25) is 10.0 Å². The van der Waals surface area contributed by atoms with E-state index in [1.165, 1.54) is 4.31 Å². The Morgan fingerprint density at radius 2 is 1.90 bits per heavy atom. The van der Waals surface area contributed by atoms with Gasteiger partial charge >= 0.3 is 0 Å². The van der Waals surface area contributed by atoms with E-state index >= 15 is 0 Å². The molecule has 0 aliphatic carbocycles. The van der Waals surface area contributed by atoms with Crippen molar-refractivity contribution in [2.45, 2.75) is 43.1 Å². The van der Waals surface area contributed by atoms with Crippen molar-refractivity contribution in [2.75, 3.05) is 19.0 Å². The molecule has 1 aromatic rings. The molecule has 0 aromatic heterocycles. The molecule has 0 radical (unpaired) electrons. The summed E-state index contributed by atoms with van der Waals surface area (Å²) in [5.74, 6) is 0.521. The molecule has 0 bridgehead atoms. The second kappa shape index (κ2) is 6.65. The van der Waals surface area contributed by atoms with E-state index in [-0.39, 0.29) is 0 Å². The topological polar surface area (TPSA) is 57.6 Å². The van der Waals surface area contributed by atoms with E-state index in [9.17, 15) is 13.5 Å². The number of hydrogen-bond acceptors (Lipinski definition) is 3. The standard InChI is InChI=1S/C15H22ClNO3S/c1-15(18)8-2-11-17(12-9-15)21(19,20)14-5-3-13(4-6-14)7-10-16/h3-6,18H,2,7-12H2,1H3. The second-order valence-electron chi connectivity index (χ2n) is 5.84. The lowest BCUT2D eigenvalue weighted by atomic mass is 9.98. The molecule has 4 nitrogen and oxygen atoms in total. The van der Waals surface area contributed by atoms with Gasteiger partial charge < -0.3 is 5.11 Å². The van der Waals surface area contributed by atoms with Crippen LogP contribution in [0, 0.1) is 0 Å². The summed E-state index contributed by atoms with van der Waals surface area (Å²) < 4.78 is 26.8. The van der Waals surface area contributed by atoms with Crippen molar-refractivity contribution in [3.8, 4) is 0 Å². The molecule has 1 aromatic carbocycles. The fourth-order valence-electron chi connectivity index (χ4n) is 2.57. The minimum Gasteiger partial charge on any atom is -0.390 e. The zero-order chi connectivity index (χ0) is 15.5. The Bertz CT molecular complexity index is 569. The lowest BCUT2D eigenvalue weighted by molar-refractivity contribution is 0.0465. The number of benzene rings is 1. The Balaban J connectivity index is 2.17. The fraction of sp³-hybridized carbons (Fsp3) is 0.600.